The lowest BCUT2D eigenvalue weighted by molar-refractivity contribution is -0.137. The highest BCUT2D eigenvalue weighted by Crippen LogP contribution is 2.35. The van der Waals surface area contributed by atoms with E-state index in [4.69, 9.17) is 10.2 Å². The summed E-state index contributed by atoms with van der Waals surface area (Å²) in [6, 6.07) is 14.5. The van der Waals surface area contributed by atoms with Crippen molar-refractivity contribution < 1.29 is 22.4 Å². The van der Waals surface area contributed by atoms with Crippen molar-refractivity contribution in [3.63, 3.8) is 0 Å². The zero-order valence-corrected chi connectivity index (χ0v) is 12.3. The van der Waals surface area contributed by atoms with Crippen LogP contribution in [0.5, 0.6) is 0 Å². The first-order valence-electron chi connectivity index (χ1n) is 7.03. The first-order valence-corrected chi connectivity index (χ1v) is 7.03. The number of alkyl halides is 3. The Hall–Kier alpha value is -3.02. The molecule has 1 heterocycles. The Kier molecular flexibility index (Phi) is 3.89. The number of nitrogens with two attached hydrogens (primary N) is 1. The summed E-state index contributed by atoms with van der Waals surface area (Å²) in [4.78, 5) is 12.3. The maximum atomic E-state index is 12.7. The van der Waals surface area contributed by atoms with Crippen molar-refractivity contribution in [1.82, 2.24) is 0 Å². The highest BCUT2D eigenvalue weighted by molar-refractivity contribution is 6.07. The monoisotopic (exact) mass is 331 g/mol. The van der Waals surface area contributed by atoms with Gasteiger partial charge in [0, 0.05) is 16.8 Å². The van der Waals surface area contributed by atoms with Crippen molar-refractivity contribution in [3.8, 4) is 11.3 Å². The Bertz CT molecular complexity index is 883. The number of benzene rings is 2. The number of anilines is 1. The summed E-state index contributed by atoms with van der Waals surface area (Å²) in [5.41, 5.74) is 5.55. The third-order valence-corrected chi connectivity index (χ3v) is 3.51. The summed E-state index contributed by atoms with van der Waals surface area (Å²) in [5, 5.41) is 0. The zero-order chi connectivity index (χ0) is 17.3. The van der Waals surface area contributed by atoms with Crippen molar-refractivity contribution in [2.45, 2.75) is 6.18 Å². The number of halogens is 3. The van der Waals surface area contributed by atoms with E-state index in [1.165, 1.54) is 18.2 Å². The van der Waals surface area contributed by atoms with Crippen LogP contribution in [-0.2, 0) is 6.18 Å². The Morgan fingerprint density at radius 2 is 1.67 bits per heavy atom. The van der Waals surface area contributed by atoms with E-state index in [-0.39, 0.29) is 23.0 Å². The van der Waals surface area contributed by atoms with Crippen molar-refractivity contribution in [1.29, 1.82) is 0 Å². The van der Waals surface area contributed by atoms with Gasteiger partial charge in [0.25, 0.3) is 0 Å². The van der Waals surface area contributed by atoms with Gasteiger partial charge in [0.05, 0.1) is 5.56 Å². The van der Waals surface area contributed by atoms with E-state index < -0.39 is 11.7 Å². The molecule has 0 aliphatic heterocycles. The van der Waals surface area contributed by atoms with Crippen LogP contribution in [0.25, 0.3) is 11.3 Å². The molecule has 2 aromatic carbocycles. The maximum Gasteiger partial charge on any atom is 0.416 e. The highest BCUT2D eigenvalue weighted by atomic mass is 19.4. The second-order valence-electron chi connectivity index (χ2n) is 5.16. The van der Waals surface area contributed by atoms with Crippen LogP contribution in [0.3, 0.4) is 0 Å². The minimum atomic E-state index is -4.47. The normalized spacial score (nSPS) is 11.5. The Labute approximate surface area is 135 Å². The van der Waals surface area contributed by atoms with Gasteiger partial charge in [-0.2, -0.15) is 13.2 Å². The Balaban J connectivity index is 1.93. The molecule has 0 saturated carbocycles. The standard InChI is InChI=1S/C18H12F3NO2/c19-18(20,21)12-6-7-13(14(22)10-12)15-8-9-16(24-15)17(23)11-4-2-1-3-5-11/h1-10H,22H2. The molecule has 2 N–H and O–H groups in total. The molecule has 0 spiro atoms. The van der Waals surface area contributed by atoms with E-state index in [9.17, 15) is 18.0 Å². The number of hydrogen-bond donors (Lipinski definition) is 1. The molecule has 0 saturated heterocycles. The zero-order valence-electron chi connectivity index (χ0n) is 12.3. The van der Waals surface area contributed by atoms with Gasteiger partial charge in [-0.25, -0.2) is 0 Å². The predicted molar refractivity (Wildman–Crippen MR) is 83.4 cm³/mol. The largest absolute Gasteiger partial charge is 0.453 e. The van der Waals surface area contributed by atoms with Crippen molar-refractivity contribution in [3.05, 3.63) is 77.6 Å². The van der Waals surface area contributed by atoms with Crippen LogP contribution in [0.2, 0.25) is 0 Å². The quantitative estimate of drug-likeness (QED) is 0.555. The van der Waals surface area contributed by atoms with E-state index in [1.807, 2.05) is 0 Å². The van der Waals surface area contributed by atoms with Gasteiger partial charge in [0.15, 0.2) is 5.76 Å². The van der Waals surface area contributed by atoms with Crippen LogP contribution in [0.4, 0.5) is 18.9 Å². The lowest BCUT2D eigenvalue weighted by Gasteiger charge is -2.09. The van der Waals surface area contributed by atoms with E-state index in [0.717, 1.165) is 12.1 Å². The molecule has 3 aromatic rings. The molecule has 0 unspecified atom stereocenters. The summed E-state index contributed by atoms with van der Waals surface area (Å²) in [5.74, 6) is 0.0170. The van der Waals surface area contributed by atoms with E-state index >= 15 is 0 Å². The summed E-state index contributed by atoms with van der Waals surface area (Å²) in [6.07, 6.45) is -4.47. The molecule has 0 radical (unpaired) electrons. The fourth-order valence-corrected chi connectivity index (χ4v) is 2.30. The van der Waals surface area contributed by atoms with Gasteiger partial charge in [0.1, 0.15) is 5.76 Å². The summed E-state index contributed by atoms with van der Waals surface area (Å²) >= 11 is 0. The number of rotatable bonds is 3. The highest BCUT2D eigenvalue weighted by Gasteiger charge is 2.31. The SMILES string of the molecule is Nc1cc(C(F)(F)F)ccc1-c1ccc(C(=O)c2ccccc2)o1. The van der Waals surface area contributed by atoms with Crippen LogP contribution in [-0.4, -0.2) is 5.78 Å². The molecule has 6 heteroatoms. The van der Waals surface area contributed by atoms with Gasteiger partial charge in [-0.15, -0.1) is 0 Å². The van der Waals surface area contributed by atoms with Gasteiger partial charge in [0.2, 0.25) is 5.78 Å². The molecule has 24 heavy (non-hydrogen) atoms. The Morgan fingerprint density at radius 3 is 2.29 bits per heavy atom. The average molecular weight is 331 g/mol. The fraction of sp³-hybridized carbons (Fsp3) is 0.0556. The molecule has 122 valence electrons. The minimum Gasteiger partial charge on any atom is -0.453 e. The molecule has 0 bridgehead atoms. The first-order chi connectivity index (χ1) is 11.4. The number of carbonyl (C=O) groups is 1. The van der Waals surface area contributed by atoms with Gasteiger partial charge in [-0.1, -0.05) is 30.3 Å². The molecule has 3 nitrogen and oxygen atoms in total. The van der Waals surface area contributed by atoms with Crippen LogP contribution in [0.1, 0.15) is 21.7 Å². The molecule has 0 aliphatic rings. The van der Waals surface area contributed by atoms with E-state index in [1.54, 1.807) is 30.3 Å². The molecule has 0 atom stereocenters. The number of nitrogen functional groups attached to an aromatic ring is 1. The van der Waals surface area contributed by atoms with E-state index in [2.05, 4.69) is 0 Å². The molecule has 0 aliphatic carbocycles. The fourth-order valence-electron chi connectivity index (χ4n) is 2.30. The predicted octanol–water partition coefficient (Wildman–Crippen LogP) is 4.78. The van der Waals surface area contributed by atoms with Gasteiger partial charge in [-0.05, 0) is 30.3 Å². The molecule has 1 aromatic heterocycles. The second kappa shape index (κ2) is 5.88. The summed E-state index contributed by atoms with van der Waals surface area (Å²) < 4.78 is 43.5. The molecule has 3 rings (SSSR count). The van der Waals surface area contributed by atoms with Crippen LogP contribution in [0, 0.1) is 0 Å². The number of carbonyl (C=O) groups excluding carboxylic acids is 1. The third-order valence-electron chi connectivity index (χ3n) is 3.51. The van der Waals surface area contributed by atoms with Crippen molar-refractivity contribution in [2.75, 3.05) is 5.73 Å². The molecular formula is C18H12F3NO2. The van der Waals surface area contributed by atoms with Gasteiger partial charge >= 0.3 is 6.18 Å². The molecular weight excluding hydrogens is 319 g/mol. The number of furan rings is 1. The average Bonchev–Trinajstić information content (AvgIpc) is 3.03. The van der Waals surface area contributed by atoms with Crippen LogP contribution >= 0.6 is 0 Å². The summed E-state index contributed by atoms with van der Waals surface area (Å²) in [7, 11) is 0. The van der Waals surface area contributed by atoms with Crippen LogP contribution < -0.4 is 5.73 Å². The van der Waals surface area contributed by atoms with Crippen molar-refractivity contribution in [2.24, 2.45) is 0 Å². The lowest BCUT2D eigenvalue weighted by Crippen LogP contribution is -2.05. The summed E-state index contributed by atoms with van der Waals surface area (Å²) in [6.45, 7) is 0. The first kappa shape index (κ1) is 15.9. The third kappa shape index (κ3) is 3.03. The molecule has 0 amide bonds. The van der Waals surface area contributed by atoms with E-state index in [0.29, 0.717) is 11.1 Å². The number of ketones is 1. The minimum absolute atomic E-state index is 0.0714. The second-order valence-corrected chi connectivity index (χ2v) is 5.16. The van der Waals surface area contributed by atoms with Crippen LogP contribution in [0.15, 0.2) is 65.1 Å². The van der Waals surface area contributed by atoms with Gasteiger partial charge < -0.3 is 10.2 Å². The topological polar surface area (TPSA) is 56.2 Å². The smallest absolute Gasteiger partial charge is 0.416 e. The van der Waals surface area contributed by atoms with Gasteiger partial charge in [-0.3, -0.25) is 4.79 Å². The van der Waals surface area contributed by atoms with Crippen molar-refractivity contribution >= 4 is 11.5 Å². The molecule has 0 fully saturated rings. The maximum absolute atomic E-state index is 12.7. The number of hydrogen-bond acceptors (Lipinski definition) is 3. The Morgan fingerprint density at radius 1 is 0.958 bits per heavy atom. The lowest BCUT2D eigenvalue weighted by atomic mass is 10.1.